The minimum atomic E-state index is -3.89. The molecule has 0 amide bonds. The summed E-state index contributed by atoms with van der Waals surface area (Å²) >= 11 is 0. The third kappa shape index (κ3) is 6.66. The number of aliphatic hydroxyl groups excluding tert-OH is 1. The van der Waals surface area contributed by atoms with Crippen molar-refractivity contribution in [2.24, 2.45) is 35.5 Å². The van der Waals surface area contributed by atoms with Crippen LogP contribution in [-0.2, 0) is 13.6 Å². The highest BCUT2D eigenvalue weighted by Gasteiger charge is 2.46. The molecule has 34 heavy (non-hydrogen) atoms. The molecule has 2 fully saturated rings. The van der Waals surface area contributed by atoms with E-state index in [1.807, 2.05) is 0 Å². The van der Waals surface area contributed by atoms with Gasteiger partial charge in [-0.3, -0.25) is 4.57 Å². The van der Waals surface area contributed by atoms with Gasteiger partial charge in [-0.15, -0.1) is 0 Å². The van der Waals surface area contributed by atoms with Crippen LogP contribution in [-0.4, -0.2) is 24.4 Å². The third-order valence-electron chi connectivity index (χ3n) is 8.20. The Bertz CT molecular complexity index is 770. The van der Waals surface area contributed by atoms with Crippen LogP contribution in [0.25, 0.3) is 0 Å². The largest absolute Gasteiger partial charge is 0.497 e. The van der Waals surface area contributed by atoms with Crippen LogP contribution in [0, 0.1) is 35.5 Å². The molecule has 1 aromatic carbocycles. The van der Waals surface area contributed by atoms with Gasteiger partial charge in [0.1, 0.15) is 5.75 Å². The van der Waals surface area contributed by atoms with Gasteiger partial charge in [0, 0.05) is 0 Å². The summed E-state index contributed by atoms with van der Waals surface area (Å²) in [5, 5.41) is 11.5. The second kappa shape index (κ2) is 11.9. The Hall–Kier alpha value is -0.870. The average molecular weight is 495 g/mol. The molecule has 2 aliphatic carbocycles. The molecule has 3 rings (SSSR count). The van der Waals surface area contributed by atoms with Crippen LogP contribution in [0.1, 0.15) is 91.5 Å². The molecule has 1 unspecified atom stereocenters. The van der Waals surface area contributed by atoms with Crippen molar-refractivity contribution < 1.29 is 23.5 Å². The van der Waals surface area contributed by atoms with Crippen molar-refractivity contribution in [3.05, 3.63) is 29.8 Å². The lowest BCUT2D eigenvalue weighted by atomic mass is 9.75. The van der Waals surface area contributed by atoms with Gasteiger partial charge in [0.25, 0.3) is 0 Å². The van der Waals surface area contributed by atoms with Crippen LogP contribution < -0.4 is 4.74 Å². The Balaban J connectivity index is 1.94. The minimum absolute atomic E-state index is 0.180. The Morgan fingerprint density at radius 3 is 1.65 bits per heavy atom. The van der Waals surface area contributed by atoms with Gasteiger partial charge in [0.2, 0.25) is 0 Å². The van der Waals surface area contributed by atoms with E-state index >= 15 is 0 Å². The number of aliphatic hydroxyl groups is 1. The number of hydrogen-bond donors (Lipinski definition) is 1. The molecule has 0 spiro atoms. The smallest absolute Gasteiger partial charge is 0.363 e. The van der Waals surface area contributed by atoms with Crippen LogP contribution in [0.5, 0.6) is 5.75 Å². The Morgan fingerprint density at radius 1 is 0.824 bits per heavy atom. The van der Waals surface area contributed by atoms with E-state index in [4.69, 9.17) is 13.8 Å². The van der Waals surface area contributed by atoms with Crippen LogP contribution in [0.2, 0.25) is 0 Å². The number of rotatable bonds is 9. The Labute approximate surface area is 207 Å². The first-order valence-electron chi connectivity index (χ1n) is 13.3. The van der Waals surface area contributed by atoms with Crippen LogP contribution in [0.4, 0.5) is 0 Å². The first-order chi connectivity index (χ1) is 16.0. The molecule has 1 aromatic rings. The fourth-order valence-corrected chi connectivity index (χ4v) is 8.01. The van der Waals surface area contributed by atoms with E-state index in [0.717, 1.165) is 38.5 Å². The van der Waals surface area contributed by atoms with Crippen LogP contribution in [0.15, 0.2) is 24.3 Å². The van der Waals surface area contributed by atoms with Crippen molar-refractivity contribution in [3.63, 3.8) is 0 Å². The highest BCUT2D eigenvalue weighted by Crippen LogP contribution is 2.64. The van der Waals surface area contributed by atoms with Crippen molar-refractivity contribution in [3.8, 4) is 5.75 Å². The zero-order valence-corrected chi connectivity index (χ0v) is 23.2. The van der Waals surface area contributed by atoms with Gasteiger partial charge in [-0.05, 0) is 78.9 Å². The molecule has 8 atom stereocenters. The number of benzene rings is 1. The summed E-state index contributed by atoms with van der Waals surface area (Å²) in [7, 11) is -2.28. The third-order valence-corrected chi connectivity index (χ3v) is 10.2. The summed E-state index contributed by atoms with van der Waals surface area (Å²) in [6.45, 7) is 13.3. The molecule has 0 radical (unpaired) electrons. The van der Waals surface area contributed by atoms with E-state index in [1.165, 1.54) is 0 Å². The maximum absolute atomic E-state index is 14.6. The number of ether oxygens (including phenoxy) is 1. The normalized spacial score (nSPS) is 33.0. The van der Waals surface area contributed by atoms with Gasteiger partial charge in [0.05, 0.1) is 19.3 Å². The van der Waals surface area contributed by atoms with Crippen molar-refractivity contribution in [1.82, 2.24) is 0 Å². The summed E-state index contributed by atoms with van der Waals surface area (Å²) in [5.41, 5.74) is 0.541. The lowest BCUT2D eigenvalue weighted by Crippen LogP contribution is -2.37. The summed E-state index contributed by atoms with van der Waals surface area (Å²) in [6, 6.07) is 7.08. The van der Waals surface area contributed by atoms with Gasteiger partial charge in [-0.2, -0.15) is 0 Å². The maximum atomic E-state index is 14.6. The topological polar surface area (TPSA) is 65.0 Å². The molecule has 0 bridgehead atoms. The number of methoxy groups -OCH3 is 1. The quantitative estimate of drug-likeness (QED) is 0.354. The second-order valence-corrected chi connectivity index (χ2v) is 13.6. The molecule has 194 valence electrons. The minimum Gasteiger partial charge on any atom is -0.497 e. The second-order valence-electron chi connectivity index (χ2n) is 11.6. The summed E-state index contributed by atoms with van der Waals surface area (Å²) in [5.74, 6) is 1.83. The monoisotopic (exact) mass is 494 g/mol. The maximum Gasteiger partial charge on any atom is 0.363 e. The van der Waals surface area contributed by atoms with Gasteiger partial charge in [-0.1, -0.05) is 66.5 Å². The Morgan fingerprint density at radius 2 is 1.26 bits per heavy atom. The van der Waals surface area contributed by atoms with Crippen LogP contribution >= 0.6 is 7.60 Å². The highest BCUT2D eigenvalue weighted by atomic mass is 31.2. The zero-order valence-electron chi connectivity index (χ0n) is 22.3. The summed E-state index contributed by atoms with van der Waals surface area (Å²) in [4.78, 5) is 0. The molecular weight excluding hydrogens is 447 g/mol. The molecule has 6 heteroatoms. The van der Waals surface area contributed by atoms with Crippen molar-refractivity contribution in [1.29, 1.82) is 0 Å². The zero-order chi connectivity index (χ0) is 25.0. The van der Waals surface area contributed by atoms with Crippen molar-refractivity contribution in [2.45, 2.75) is 98.1 Å². The SMILES string of the molecule is COc1ccc([C@@H](O)P(=O)(O[C@H]2C[C@@H](C)CC[C@@H]2C(C)C)O[C@@H]2C[C@@H](C)CC[C@@H]2C(C)C)cc1. The molecule has 1 N–H and O–H groups in total. The lowest BCUT2D eigenvalue weighted by Gasteiger charge is -2.42. The standard InChI is InChI=1S/C28H47O5P/c1-18(2)24-14-8-20(5)16-26(24)32-34(30,28(29)22-10-12-23(31-7)13-11-22)33-27-17-21(6)9-15-25(27)19(3)4/h10-13,18-21,24-29H,8-9,14-17H2,1-7H3/t20-,21-,24+,25+,26-,27+,28-,34?/m0/s1. The van der Waals surface area contributed by atoms with Crippen molar-refractivity contribution in [2.75, 3.05) is 7.11 Å². The molecule has 0 aromatic heterocycles. The van der Waals surface area contributed by atoms with Gasteiger partial charge in [-0.25, -0.2) is 0 Å². The molecule has 5 nitrogen and oxygen atoms in total. The fourth-order valence-electron chi connectivity index (χ4n) is 5.95. The molecule has 2 aliphatic rings. The number of hydrogen-bond acceptors (Lipinski definition) is 5. The molecule has 0 aliphatic heterocycles. The van der Waals surface area contributed by atoms with Gasteiger partial charge in [0.15, 0.2) is 5.85 Å². The molecule has 0 heterocycles. The molecule has 0 saturated heterocycles. The lowest BCUT2D eigenvalue weighted by molar-refractivity contribution is -0.0154. The predicted octanol–water partition coefficient (Wildman–Crippen LogP) is 7.83. The van der Waals surface area contributed by atoms with E-state index in [-0.39, 0.29) is 12.2 Å². The van der Waals surface area contributed by atoms with Gasteiger partial charge >= 0.3 is 7.60 Å². The van der Waals surface area contributed by atoms with E-state index in [1.54, 1.807) is 31.4 Å². The highest BCUT2D eigenvalue weighted by molar-refractivity contribution is 7.54. The van der Waals surface area contributed by atoms with Crippen LogP contribution in [0.3, 0.4) is 0 Å². The first-order valence-corrected chi connectivity index (χ1v) is 14.9. The van der Waals surface area contributed by atoms with E-state index < -0.39 is 13.4 Å². The summed E-state index contributed by atoms with van der Waals surface area (Å²) < 4.78 is 32.9. The van der Waals surface area contributed by atoms with Crippen molar-refractivity contribution >= 4 is 7.60 Å². The fraction of sp³-hybridized carbons (Fsp3) is 0.786. The average Bonchev–Trinajstić information content (AvgIpc) is 2.78. The predicted molar refractivity (Wildman–Crippen MR) is 138 cm³/mol. The Kier molecular flexibility index (Phi) is 9.71. The summed E-state index contributed by atoms with van der Waals surface area (Å²) in [6.07, 6.45) is 5.76. The van der Waals surface area contributed by atoms with E-state index in [2.05, 4.69) is 41.5 Å². The van der Waals surface area contributed by atoms with E-state index in [0.29, 0.717) is 46.8 Å². The van der Waals surface area contributed by atoms with E-state index in [9.17, 15) is 9.67 Å². The first kappa shape index (κ1) is 27.7. The molecular formula is C28H47O5P. The van der Waals surface area contributed by atoms with Gasteiger partial charge < -0.3 is 18.9 Å². The molecule has 2 saturated carbocycles.